The lowest BCUT2D eigenvalue weighted by molar-refractivity contribution is -0.274. The zero-order valence-electron chi connectivity index (χ0n) is 23.2. The molecule has 12 nitrogen and oxygen atoms in total. The van der Waals surface area contributed by atoms with Crippen molar-refractivity contribution in [2.45, 2.75) is 30.5 Å². The van der Waals surface area contributed by atoms with Gasteiger partial charge in [0.05, 0.1) is 29.1 Å². The van der Waals surface area contributed by atoms with Gasteiger partial charge in [0.25, 0.3) is 10.2 Å². The Kier molecular flexibility index (Phi) is 9.24. The molecule has 0 spiro atoms. The highest BCUT2D eigenvalue weighted by Gasteiger charge is 2.37. The van der Waals surface area contributed by atoms with Crippen LogP contribution in [0.4, 0.5) is 13.2 Å². The fraction of sp³-hybridized carbons (Fsp3) is 0.222. The van der Waals surface area contributed by atoms with E-state index in [4.69, 9.17) is 14.3 Å². The second kappa shape index (κ2) is 12.8. The smallest absolute Gasteiger partial charge is 0.422 e. The van der Waals surface area contributed by atoms with Gasteiger partial charge in [-0.3, -0.25) is 0 Å². The number of nitrogens with two attached hydrogens (primary N) is 1. The third kappa shape index (κ3) is 8.41. The van der Waals surface area contributed by atoms with Crippen molar-refractivity contribution in [3.63, 3.8) is 0 Å². The number of benzene rings is 3. The minimum Gasteiger partial charge on any atom is -0.422 e. The Hall–Kier alpha value is -3.94. The average molecular weight is 684 g/mol. The van der Waals surface area contributed by atoms with Gasteiger partial charge in [-0.05, 0) is 46.5 Å². The molecule has 1 atom stereocenters. The number of thiazole rings is 1. The minimum absolute atomic E-state index is 0.0872. The normalized spacial score (nSPS) is 13.3. The number of halogens is 3. The van der Waals surface area contributed by atoms with Gasteiger partial charge in [-0.15, -0.1) is 34.7 Å². The van der Waals surface area contributed by atoms with Crippen LogP contribution in [0.1, 0.15) is 33.2 Å². The highest BCUT2D eigenvalue weighted by molar-refractivity contribution is 7.91. The van der Waals surface area contributed by atoms with E-state index < -0.39 is 49.7 Å². The van der Waals surface area contributed by atoms with Crippen molar-refractivity contribution in [1.29, 1.82) is 0 Å². The monoisotopic (exact) mass is 683 g/mol. The van der Waals surface area contributed by atoms with Gasteiger partial charge < -0.3 is 13.9 Å². The van der Waals surface area contributed by atoms with Crippen molar-refractivity contribution in [3.05, 3.63) is 94.6 Å². The highest BCUT2D eigenvalue weighted by Crippen LogP contribution is 2.38. The van der Waals surface area contributed by atoms with E-state index in [-0.39, 0.29) is 22.4 Å². The summed E-state index contributed by atoms with van der Waals surface area (Å²) in [7, 11) is -6.77. The maximum Gasteiger partial charge on any atom is 0.573 e. The lowest BCUT2D eigenvalue weighted by Crippen LogP contribution is -2.30. The number of fused-ring (bicyclic) bond motifs is 1. The maximum absolute atomic E-state index is 13.9. The van der Waals surface area contributed by atoms with E-state index in [1.54, 1.807) is 13.2 Å². The molecule has 0 aliphatic rings. The summed E-state index contributed by atoms with van der Waals surface area (Å²) in [6.07, 6.45) is -4.91. The summed E-state index contributed by atoms with van der Waals surface area (Å²) in [6, 6.07) is 17.6. The van der Waals surface area contributed by atoms with Crippen LogP contribution in [-0.4, -0.2) is 45.5 Å². The molecule has 3 N–H and O–H groups in total. The molecule has 0 saturated heterocycles. The first-order valence-electron chi connectivity index (χ1n) is 12.8. The van der Waals surface area contributed by atoms with E-state index in [0.717, 1.165) is 40.2 Å². The van der Waals surface area contributed by atoms with E-state index in [9.17, 15) is 30.0 Å². The summed E-state index contributed by atoms with van der Waals surface area (Å²) in [5.41, 5.74) is 3.43. The first-order valence-corrected chi connectivity index (χ1v) is 16.9. The Morgan fingerprint density at radius 3 is 2.27 bits per heavy atom. The molecule has 0 amide bonds. The third-order valence-corrected chi connectivity index (χ3v) is 9.90. The summed E-state index contributed by atoms with van der Waals surface area (Å²) in [5, 5.41) is 11.0. The van der Waals surface area contributed by atoms with E-state index in [1.807, 2.05) is 41.1 Å². The van der Waals surface area contributed by atoms with Gasteiger partial charge in [0, 0.05) is 7.11 Å². The number of nitrogens with one attached hydrogen (secondary N) is 1. The van der Waals surface area contributed by atoms with Crippen LogP contribution in [0.25, 0.3) is 21.3 Å². The van der Waals surface area contributed by atoms with Crippen molar-refractivity contribution in [2.24, 2.45) is 5.14 Å². The fourth-order valence-electron chi connectivity index (χ4n) is 4.32. The second-order valence-electron chi connectivity index (χ2n) is 9.64. The molecular weight excluding hydrogens is 660 g/mol. The number of hydrogen-bond donors (Lipinski definition) is 2. The zero-order chi connectivity index (χ0) is 32.4. The number of hydrogen-bond acceptors (Lipinski definition) is 11. The van der Waals surface area contributed by atoms with Crippen molar-refractivity contribution in [2.75, 3.05) is 7.11 Å². The first-order chi connectivity index (χ1) is 21.2. The van der Waals surface area contributed by atoms with Crippen molar-refractivity contribution in [1.82, 2.24) is 19.9 Å². The van der Waals surface area contributed by atoms with Crippen LogP contribution in [0.2, 0.25) is 0 Å². The van der Waals surface area contributed by atoms with Crippen LogP contribution >= 0.6 is 11.3 Å². The molecular formula is C27H24F3N5O7S3. The third-order valence-electron chi connectivity index (χ3n) is 6.24. The van der Waals surface area contributed by atoms with Gasteiger partial charge >= 0.3 is 6.36 Å². The summed E-state index contributed by atoms with van der Waals surface area (Å²) in [6.45, 7) is -0.0278. The lowest BCUT2D eigenvalue weighted by Gasteiger charge is -2.13. The molecule has 2 aromatic heterocycles. The van der Waals surface area contributed by atoms with Crippen molar-refractivity contribution in [3.8, 4) is 16.9 Å². The predicted molar refractivity (Wildman–Crippen MR) is 158 cm³/mol. The Bertz CT molecular complexity index is 2010. The zero-order valence-corrected chi connectivity index (χ0v) is 25.6. The second-order valence-corrected chi connectivity index (χ2v) is 14.2. The van der Waals surface area contributed by atoms with Crippen LogP contribution in [0.5, 0.6) is 5.75 Å². The number of sulfone groups is 1. The van der Waals surface area contributed by atoms with Gasteiger partial charge in [0.15, 0.2) is 15.1 Å². The largest absolute Gasteiger partial charge is 0.573 e. The summed E-state index contributed by atoms with van der Waals surface area (Å²) in [4.78, 5) is 4.54. The van der Waals surface area contributed by atoms with Crippen LogP contribution < -0.4 is 14.6 Å². The number of methoxy groups -OCH3 is 1. The summed E-state index contributed by atoms with van der Waals surface area (Å²) < 4.78 is 105. The van der Waals surface area contributed by atoms with Crippen LogP contribution in [0.3, 0.4) is 0 Å². The number of aromatic nitrogens is 3. The number of rotatable bonds is 12. The van der Waals surface area contributed by atoms with Crippen LogP contribution in [0, 0.1) is 0 Å². The molecule has 238 valence electrons. The van der Waals surface area contributed by atoms with Crippen molar-refractivity contribution >= 4 is 41.6 Å². The van der Waals surface area contributed by atoms with Gasteiger partial charge in [-0.25, -0.2) is 18.5 Å². The van der Waals surface area contributed by atoms with E-state index in [1.165, 1.54) is 12.1 Å². The maximum atomic E-state index is 13.9. The minimum atomic E-state index is -4.91. The lowest BCUT2D eigenvalue weighted by atomic mass is 10.0. The van der Waals surface area contributed by atoms with Gasteiger partial charge in [-0.2, -0.15) is 13.1 Å². The Balaban J connectivity index is 1.50. The molecule has 18 heteroatoms. The van der Waals surface area contributed by atoms with Gasteiger partial charge in [-0.1, -0.05) is 42.5 Å². The molecule has 5 aromatic rings. The topological polar surface area (TPSA) is 177 Å². The Morgan fingerprint density at radius 1 is 0.956 bits per heavy atom. The van der Waals surface area contributed by atoms with E-state index in [2.05, 4.69) is 19.9 Å². The molecule has 2 heterocycles. The van der Waals surface area contributed by atoms with Crippen LogP contribution in [-0.2, 0) is 43.7 Å². The predicted octanol–water partition coefficient (Wildman–Crippen LogP) is 4.39. The molecule has 0 radical (unpaired) electrons. The van der Waals surface area contributed by atoms with Gasteiger partial charge in [0.1, 0.15) is 10.8 Å². The molecule has 0 bridgehead atoms. The molecule has 5 rings (SSSR count). The molecule has 45 heavy (non-hydrogen) atoms. The first kappa shape index (κ1) is 32.5. The summed E-state index contributed by atoms with van der Waals surface area (Å²) >= 11 is 1.08. The molecule has 3 aromatic carbocycles. The number of nitrogens with zero attached hydrogens (tertiary/aromatic N) is 3. The molecule has 0 aliphatic carbocycles. The SMILES string of the molecule is COCc1ccc(-c2ccc3nc(C(c4nnc(CNS(N)(=O)=O)o4)S(=O)(=O)Cc4ccc(OC(F)(F)F)cc4)sc3c2)cc1. The molecule has 1 unspecified atom stereocenters. The van der Waals surface area contributed by atoms with Crippen molar-refractivity contribution < 1.29 is 43.9 Å². The number of ether oxygens (including phenoxy) is 2. The Labute approximate surface area is 259 Å². The molecule has 0 fully saturated rings. The number of alkyl halides is 3. The van der Waals surface area contributed by atoms with E-state index >= 15 is 0 Å². The fourth-order valence-corrected chi connectivity index (χ4v) is 7.79. The quantitative estimate of drug-likeness (QED) is 0.192. The van der Waals surface area contributed by atoms with E-state index in [0.29, 0.717) is 16.8 Å². The standard InChI is InChI=1S/C27H24F3N5O7S3/c1-40-14-16-2-6-18(7-3-16)19-8-11-21-22(12-19)43-26(33-21)24(25-35-34-23(41-25)13-32-45(31,38)39)44(36,37)15-17-4-9-20(10-5-17)42-27(28,29)30/h2-12,24,32H,13-15H2,1H3,(H2,31,38,39). The molecule has 0 aliphatic heterocycles. The Morgan fingerprint density at radius 2 is 1.62 bits per heavy atom. The average Bonchev–Trinajstić information content (AvgIpc) is 3.59. The molecule has 0 saturated carbocycles. The van der Waals surface area contributed by atoms with Crippen LogP contribution in [0.15, 0.2) is 71.1 Å². The summed E-state index contributed by atoms with van der Waals surface area (Å²) in [5.74, 6) is -1.79. The highest BCUT2D eigenvalue weighted by atomic mass is 32.2. The van der Waals surface area contributed by atoms with Gasteiger partial charge in [0.2, 0.25) is 11.8 Å².